The van der Waals surface area contributed by atoms with Crippen molar-refractivity contribution in [1.82, 2.24) is 4.98 Å². The van der Waals surface area contributed by atoms with Crippen LogP contribution in [0.25, 0.3) is 10.9 Å². The summed E-state index contributed by atoms with van der Waals surface area (Å²) in [6, 6.07) is 3.41. The highest BCUT2D eigenvalue weighted by atomic mass is 79.9. The summed E-state index contributed by atoms with van der Waals surface area (Å²) in [6.07, 6.45) is 1.39. The van der Waals surface area contributed by atoms with Crippen LogP contribution in [0, 0.1) is 0 Å². The maximum absolute atomic E-state index is 11.7. The summed E-state index contributed by atoms with van der Waals surface area (Å²) in [5, 5.41) is 1.50. The van der Waals surface area contributed by atoms with Gasteiger partial charge in [0.1, 0.15) is 0 Å². The Bertz CT molecular complexity index is 631. The van der Waals surface area contributed by atoms with E-state index in [1.165, 1.54) is 6.20 Å². The van der Waals surface area contributed by atoms with Crippen LogP contribution in [0.4, 0.5) is 0 Å². The first-order valence-corrected chi connectivity index (χ1v) is 6.70. The summed E-state index contributed by atoms with van der Waals surface area (Å²) in [5.74, 6) is -0.483. The minimum absolute atomic E-state index is 0.250. The van der Waals surface area contributed by atoms with Gasteiger partial charge in [-0.3, -0.25) is 4.98 Å². The first kappa shape index (κ1) is 13.6. The van der Waals surface area contributed by atoms with Crippen LogP contribution < -0.4 is 0 Å². The second-order valence-corrected chi connectivity index (χ2v) is 5.04. The van der Waals surface area contributed by atoms with Gasteiger partial charge in [-0.15, -0.1) is 0 Å². The molecule has 94 valence electrons. The van der Waals surface area contributed by atoms with Crippen molar-refractivity contribution in [1.29, 1.82) is 0 Å². The SMILES string of the molecule is CCOC(=O)c1cnc2c(Br)c(Cl)ccc2c1Cl. The smallest absolute Gasteiger partial charge is 0.341 e. The molecule has 2 aromatic rings. The molecule has 0 aliphatic heterocycles. The van der Waals surface area contributed by atoms with Crippen molar-refractivity contribution in [2.75, 3.05) is 6.61 Å². The molecule has 0 fully saturated rings. The zero-order valence-corrected chi connectivity index (χ0v) is 12.4. The third-order valence-corrected chi connectivity index (χ3v) is 4.11. The number of nitrogens with zero attached hydrogens (tertiary/aromatic N) is 1. The Morgan fingerprint density at radius 2 is 2.17 bits per heavy atom. The van der Waals surface area contributed by atoms with E-state index in [0.29, 0.717) is 25.4 Å². The van der Waals surface area contributed by atoms with Crippen molar-refractivity contribution in [3.63, 3.8) is 0 Å². The summed E-state index contributed by atoms with van der Waals surface area (Å²) in [6.45, 7) is 2.02. The maximum Gasteiger partial charge on any atom is 0.341 e. The van der Waals surface area contributed by atoms with Crippen molar-refractivity contribution in [3.05, 3.63) is 38.4 Å². The molecule has 0 aliphatic carbocycles. The molecular weight excluding hydrogens is 341 g/mol. The van der Waals surface area contributed by atoms with Gasteiger partial charge in [-0.1, -0.05) is 23.2 Å². The number of ether oxygens (including phenoxy) is 1. The first-order valence-electron chi connectivity index (χ1n) is 5.15. The predicted molar refractivity (Wildman–Crippen MR) is 75.4 cm³/mol. The van der Waals surface area contributed by atoms with Gasteiger partial charge in [0.2, 0.25) is 0 Å². The van der Waals surface area contributed by atoms with Gasteiger partial charge in [-0.2, -0.15) is 0 Å². The van der Waals surface area contributed by atoms with Gasteiger partial charge >= 0.3 is 5.97 Å². The number of esters is 1. The molecular formula is C12H8BrCl2NO2. The summed E-state index contributed by atoms with van der Waals surface area (Å²) in [7, 11) is 0. The van der Waals surface area contributed by atoms with Crippen LogP contribution in [0.1, 0.15) is 17.3 Å². The lowest BCUT2D eigenvalue weighted by Crippen LogP contribution is -2.06. The maximum atomic E-state index is 11.7. The molecule has 0 saturated carbocycles. The number of pyridine rings is 1. The van der Waals surface area contributed by atoms with Crippen LogP contribution in [0.2, 0.25) is 10.0 Å². The van der Waals surface area contributed by atoms with E-state index in [2.05, 4.69) is 20.9 Å². The van der Waals surface area contributed by atoms with Crippen molar-refractivity contribution >= 4 is 56.0 Å². The van der Waals surface area contributed by atoms with Crippen LogP contribution in [0.15, 0.2) is 22.8 Å². The monoisotopic (exact) mass is 347 g/mol. The van der Waals surface area contributed by atoms with Crippen molar-refractivity contribution < 1.29 is 9.53 Å². The second-order valence-electron chi connectivity index (χ2n) is 3.46. The van der Waals surface area contributed by atoms with Crippen molar-refractivity contribution in [3.8, 4) is 0 Å². The van der Waals surface area contributed by atoms with Crippen molar-refractivity contribution in [2.24, 2.45) is 0 Å². The fraction of sp³-hybridized carbons (Fsp3) is 0.167. The molecule has 6 heteroatoms. The zero-order valence-electron chi connectivity index (χ0n) is 9.34. The quantitative estimate of drug-likeness (QED) is 0.751. The summed E-state index contributed by atoms with van der Waals surface area (Å²) in [5.41, 5.74) is 0.862. The molecule has 0 atom stereocenters. The number of benzene rings is 1. The molecule has 1 aromatic heterocycles. The van der Waals surface area contributed by atoms with E-state index in [4.69, 9.17) is 27.9 Å². The van der Waals surface area contributed by atoms with Gasteiger partial charge in [0.05, 0.1) is 32.2 Å². The third kappa shape index (κ3) is 2.32. The van der Waals surface area contributed by atoms with E-state index >= 15 is 0 Å². The largest absolute Gasteiger partial charge is 0.462 e. The average molecular weight is 349 g/mol. The number of aromatic nitrogens is 1. The Labute approximate surface area is 122 Å². The molecule has 0 aliphatic rings. The van der Waals surface area contributed by atoms with Gasteiger partial charge in [0.25, 0.3) is 0 Å². The minimum Gasteiger partial charge on any atom is -0.462 e. The number of rotatable bonds is 2. The van der Waals surface area contributed by atoms with Crippen LogP contribution >= 0.6 is 39.1 Å². The van der Waals surface area contributed by atoms with E-state index in [9.17, 15) is 4.79 Å². The van der Waals surface area contributed by atoms with Crippen LogP contribution in [0.5, 0.6) is 0 Å². The van der Waals surface area contributed by atoms with E-state index in [-0.39, 0.29) is 12.2 Å². The lowest BCUT2D eigenvalue weighted by Gasteiger charge is -2.08. The Morgan fingerprint density at radius 1 is 1.44 bits per heavy atom. The number of hydrogen-bond donors (Lipinski definition) is 0. The molecule has 0 N–H and O–H groups in total. The Morgan fingerprint density at radius 3 is 2.83 bits per heavy atom. The Balaban J connectivity index is 2.65. The zero-order chi connectivity index (χ0) is 13.3. The highest BCUT2D eigenvalue weighted by Gasteiger charge is 2.16. The topological polar surface area (TPSA) is 39.2 Å². The van der Waals surface area contributed by atoms with E-state index in [1.807, 2.05) is 0 Å². The van der Waals surface area contributed by atoms with Crippen LogP contribution in [0.3, 0.4) is 0 Å². The van der Waals surface area contributed by atoms with E-state index in [0.717, 1.165) is 0 Å². The van der Waals surface area contributed by atoms with Gasteiger partial charge in [0.15, 0.2) is 0 Å². The molecule has 0 spiro atoms. The normalized spacial score (nSPS) is 10.7. The molecule has 0 bridgehead atoms. The molecule has 1 heterocycles. The molecule has 0 radical (unpaired) electrons. The summed E-state index contributed by atoms with van der Waals surface area (Å²) < 4.78 is 5.56. The van der Waals surface area contributed by atoms with Crippen LogP contribution in [-0.2, 0) is 4.74 Å². The van der Waals surface area contributed by atoms with Gasteiger partial charge in [0, 0.05) is 11.6 Å². The number of carbonyl (C=O) groups excluding carboxylic acids is 1. The number of halogens is 3. The van der Waals surface area contributed by atoms with E-state index < -0.39 is 5.97 Å². The van der Waals surface area contributed by atoms with Gasteiger partial charge < -0.3 is 4.74 Å². The minimum atomic E-state index is -0.483. The fourth-order valence-corrected chi connectivity index (χ4v) is 2.40. The molecule has 0 unspecified atom stereocenters. The number of carbonyl (C=O) groups is 1. The summed E-state index contributed by atoms with van der Waals surface area (Å²) in [4.78, 5) is 15.9. The molecule has 18 heavy (non-hydrogen) atoms. The molecule has 3 nitrogen and oxygen atoms in total. The molecule has 1 aromatic carbocycles. The average Bonchev–Trinajstić information content (AvgIpc) is 2.34. The van der Waals surface area contributed by atoms with Crippen LogP contribution in [-0.4, -0.2) is 17.6 Å². The highest BCUT2D eigenvalue weighted by Crippen LogP contribution is 2.34. The van der Waals surface area contributed by atoms with E-state index in [1.54, 1.807) is 19.1 Å². The molecule has 0 amide bonds. The highest BCUT2D eigenvalue weighted by molar-refractivity contribution is 9.10. The Kier molecular flexibility index (Phi) is 4.10. The molecule has 2 rings (SSSR count). The summed E-state index contributed by atoms with van der Waals surface area (Å²) >= 11 is 15.5. The van der Waals surface area contributed by atoms with Crippen molar-refractivity contribution in [2.45, 2.75) is 6.92 Å². The first-order chi connectivity index (χ1) is 8.56. The fourth-order valence-electron chi connectivity index (χ4n) is 1.53. The number of hydrogen-bond acceptors (Lipinski definition) is 3. The predicted octanol–water partition coefficient (Wildman–Crippen LogP) is 4.48. The lowest BCUT2D eigenvalue weighted by molar-refractivity contribution is 0.0526. The third-order valence-electron chi connectivity index (χ3n) is 2.36. The lowest BCUT2D eigenvalue weighted by atomic mass is 10.1. The molecule has 0 saturated heterocycles. The standard InChI is InChI=1S/C12H8BrCl2NO2/c1-2-18-12(17)7-5-16-11-6(10(7)15)3-4-8(14)9(11)13/h3-5H,2H2,1H3. The number of fused-ring (bicyclic) bond motifs is 1. The van der Waals surface area contributed by atoms with Gasteiger partial charge in [-0.25, -0.2) is 4.79 Å². The van der Waals surface area contributed by atoms with Gasteiger partial charge in [-0.05, 0) is 35.0 Å². The second kappa shape index (κ2) is 5.43. The Hall–Kier alpha value is -0.840.